The monoisotopic (exact) mass is 310 g/mol. The summed E-state index contributed by atoms with van der Waals surface area (Å²) in [6, 6.07) is 27.4. The van der Waals surface area contributed by atoms with Crippen molar-refractivity contribution in [2.45, 2.75) is 19.4 Å². The quantitative estimate of drug-likeness (QED) is 0.666. The highest BCUT2D eigenvalue weighted by Gasteiger charge is 2.20. The van der Waals surface area contributed by atoms with E-state index in [2.05, 4.69) is 65.6 Å². The predicted octanol–water partition coefficient (Wildman–Crippen LogP) is 5.00. The summed E-state index contributed by atoms with van der Waals surface area (Å²) in [5.41, 5.74) is 7.03. The highest BCUT2D eigenvalue weighted by molar-refractivity contribution is 5.71. The Morgan fingerprint density at radius 3 is 1.92 bits per heavy atom. The van der Waals surface area contributed by atoms with Gasteiger partial charge in [-0.2, -0.15) is 5.26 Å². The van der Waals surface area contributed by atoms with Crippen LogP contribution >= 0.6 is 0 Å². The minimum absolute atomic E-state index is 0.706. The smallest absolute Gasteiger partial charge is 0.0995 e. The standard InChI is InChI=1S/C22H18N2/c23-15-19-9-1-2-10-20(19)16-24-21-11-5-3-7-17(21)13-14-18-8-4-6-12-22(18)24/h1-12H,13-14,16H2. The van der Waals surface area contributed by atoms with Crippen LogP contribution in [0, 0.1) is 11.3 Å². The lowest BCUT2D eigenvalue weighted by Crippen LogP contribution is -2.18. The number of aryl methyl sites for hydroxylation is 2. The lowest BCUT2D eigenvalue weighted by molar-refractivity contribution is 0.966. The molecule has 0 bridgehead atoms. The Labute approximate surface area is 142 Å². The molecule has 3 aromatic rings. The van der Waals surface area contributed by atoms with Crippen molar-refractivity contribution < 1.29 is 0 Å². The van der Waals surface area contributed by atoms with E-state index in [0.29, 0.717) is 6.54 Å². The first-order valence-electron chi connectivity index (χ1n) is 8.28. The molecule has 116 valence electrons. The summed E-state index contributed by atoms with van der Waals surface area (Å²) < 4.78 is 0. The summed E-state index contributed by atoms with van der Waals surface area (Å²) in [5, 5.41) is 9.43. The van der Waals surface area contributed by atoms with Crippen LogP contribution in [0.15, 0.2) is 72.8 Å². The fourth-order valence-corrected chi connectivity index (χ4v) is 3.48. The van der Waals surface area contributed by atoms with Crippen molar-refractivity contribution >= 4 is 11.4 Å². The molecule has 24 heavy (non-hydrogen) atoms. The fraction of sp³-hybridized carbons (Fsp3) is 0.136. The summed E-state index contributed by atoms with van der Waals surface area (Å²) in [6.07, 6.45) is 2.09. The topological polar surface area (TPSA) is 27.0 Å². The third-order valence-corrected chi connectivity index (χ3v) is 4.69. The van der Waals surface area contributed by atoms with Crippen molar-refractivity contribution in [3.8, 4) is 6.07 Å². The van der Waals surface area contributed by atoms with Gasteiger partial charge in [0.15, 0.2) is 0 Å². The minimum atomic E-state index is 0.706. The van der Waals surface area contributed by atoms with Gasteiger partial charge in [-0.25, -0.2) is 0 Å². The third-order valence-electron chi connectivity index (χ3n) is 4.69. The molecule has 0 radical (unpaired) electrons. The van der Waals surface area contributed by atoms with Crippen molar-refractivity contribution in [2.24, 2.45) is 0 Å². The van der Waals surface area contributed by atoms with Crippen molar-refractivity contribution in [3.05, 3.63) is 95.1 Å². The van der Waals surface area contributed by atoms with Gasteiger partial charge in [0.25, 0.3) is 0 Å². The molecule has 1 aliphatic heterocycles. The Morgan fingerprint density at radius 1 is 0.750 bits per heavy atom. The maximum Gasteiger partial charge on any atom is 0.0995 e. The van der Waals surface area contributed by atoms with Crippen molar-refractivity contribution in [1.82, 2.24) is 0 Å². The molecule has 1 aliphatic rings. The molecule has 4 rings (SSSR count). The van der Waals surface area contributed by atoms with Crippen LogP contribution < -0.4 is 4.90 Å². The van der Waals surface area contributed by atoms with Crippen LogP contribution in [0.2, 0.25) is 0 Å². The van der Waals surface area contributed by atoms with E-state index in [1.807, 2.05) is 18.2 Å². The van der Waals surface area contributed by atoms with Gasteiger partial charge in [-0.05, 0) is 47.7 Å². The molecule has 0 saturated carbocycles. The third kappa shape index (κ3) is 2.55. The van der Waals surface area contributed by atoms with Crippen LogP contribution in [0.3, 0.4) is 0 Å². The normalized spacial score (nSPS) is 12.7. The number of rotatable bonds is 2. The second-order valence-electron chi connectivity index (χ2n) is 6.11. The van der Waals surface area contributed by atoms with E-state index in [4.69, 9.17) is 0 Å². The first-order chi connectivity index (χ1) is 11.9. The predicted molar refractivity (Wildman–Crippen MR) is 97.3 cm³/mol. The van der Waals surface area contributed by atoms with Gasteiger partial charge in [-0.15, -0.1) is 0 Å². The Morgan fingerprint density at radius 2 is 1.29 bits per heavy atom. The zero-order chi connectivity index (χ0) is 16.4. The summed E-state index contributed by atoms with van der Waals surface area (Å²) in [6.45, 7) is 0.706. The Balaban J connectivity index is 1.86. The van der Waals surface area contributed by atoms with Crippen LogP contribution in [0.5, 0.6) is 0 Å². The van der Waals surface area contributed by atoms with E-state index in [0.717, 1.165) is 24.0 Å². The van der Waals surface area contributed by atoms with Crippen LogP contribution in [0.1, 0.15) is 22.3 Å². The molecule has 0 aliphatic carbocycles. The average Bonchev–Trinajstić information content (AvgIpc) is 2.80. The number of nitrogens with zero attached hydrogens (tertiary/aromatic N) is 2. The van der Waals surface area contributed by atoms with Crippen molar-refractivity contribution in [1.29, 1.82) is 5.26 Å². The molecule has 1 heterocycles. The highest BCUT2D eigenvalue weighted by Crippen LogP contribution is 2.37. The van der Waals surface area contributed by atoms with E-state index >= 15 is 0 Å². The molecule has 0 spiro atoms. The van der Waals surface area contributed by atoms with Gasteiger partial charge in [0.05, 0.1) is 11.6 Å². The molecule has 3 aromatic carbocycles. The van der Waals surface area contributed by atoms with Crippen LogP contribution in [0.4, 0.5) is 11.4 Å². The molecule has 2 nitrogen and oxygen atoms in total. The van der Waals surface area contributed by atoms with Crippen LogP contribution in [0.25, 0.3) is 0 Å². The first-order valence-corrected chi connectivity index (χ1v) is 8.28. The maximum atomic E-state index is 9.43. The molecule has 0 N–H and O–H groups in total. The molecule has 0 saturated heterocycles. The number of fused-ring (bicyclic) bond motifs is 2. The van der Waals surface area contributed by atoms with E-state index < -0.39 is 0 Å². The lowest BCUT2D eigenvalue weighted by atomic mass is 10.0. The number of benzene rings is 3. The number of hydrogen-bond donors (Lipinski definition) is 0. The zero-order valence-corrected chi connectivity index (χ0v) is 13.4. The number of anilines is 2. The maximum absolute atomic E-state index is 9.43. The molecule has 0 aromatic heterocycles. The largest absolute Gasteiger partial charge is 0.336 e. The van der Waals surface area contributed by atoms with Gasteiger partial charge in [-0.1, -0.05) is 54.6 Å². The summed E-state index contributed by atoms with van der Waals surface area (Å²) in [7, 11) is 0. The van der Waals surface area contributed by atoms with Gasteiger partial charge in [0, 0.05) is 17.9 Å². The van der Waals surface area contributed by atoms with E-state index in [-0.39, 0.29) is 0 Å². The van der Waals surface area contributed by atoms with Crippen molar-refractivity contribution in [2.75, 3.05) is 4.90 Å². The van der Waals surface area contributed by atoms with Crippen LogP contribution in [-0.4, -0.2) is 0 Å². The number of para-hydroxylation sites is 2. The summed E-state index contributed by atoms with van der Waals surface area (Å²) in [4.78, 5) is 2.36. The molecule has 0 amide bonds. The van der Waals surface area contributed by atoms with Gasteiger partial charge >= 0.3 is 0 Å². The second kappa shape index (κ2) is 6.22. The molecule has 0 unspecified atom stereocenters. The van der Waals surface area contributed by atoms with Crippen LogP contribution in [-0.2, 0) is 19.4 Å². The highest BCUT2D eigenvalue weighted by atomic mass is 15.1. The van der Waals surface area contributed by atoms with Gasteiger partial charge < -0.3 is 4.90 Å². The SMILES string of the molecule is N#Cc1ccccc1CN1c2ccccc2CCc2ccccc21. The summed E-state index contributed by atoms with van der Waals surface area (Å²) in [5.74, 6) is 0. The van der Waals surface area contributed by atoms with Gasteiger partial charge in [-0.3, -0.25) is 0 Å². The fourth-order valence-electron chi connectivity index (χ4n) is 3.48. The van der Waals surface area contributed by atoms with Gasteiger partial charge in [0.2, 0.25) is 0 Å². The summed E-state index contributed by atoms with van der Waals surface area (Å²) >= 11 is 0. The van der Waals surface area contributed by atoms with E-state index in [9.17, 15) is 5.26 Å². The first kappa shape index (κ1) is 14.5. The van der Waals surface area contributed by atoms with E-state index in [1.165, 1.54) is 22.5 Å². The van der Waals surface area contributed by atoms with E-state index in [1.54, 1.807) is 0 Å². The number of hydrogen-bond acceptors (Lipinski definition) is 2. The van der Waals surface area contributed by atoms with Crippen molar-refractivity contribution in [3.63, 3.8) is 0 Å². The second-order valence-corrected chi connectivity index (χ2v) is 6.11. The molecular weight excluding hydrogens is 292 g/mol. The Kier molecular flexibility index (Phi) is 3.76. The Hall–Kier alpha value is -3.05. The zero-order valence-electron chi connectivity index (χ0n) is 13.4. The van der Waals surface area contributed by atoms with Gasteiger partial charge in [0.1, 0.15) is 0 Å². The molecule has 2 heteroatoms. The minimum Gasteiger partial charge on any atom is -0.336 e. The average molecular weight is 310 g/mol. The Bertz CT molecular complexity index is 874. The molecular formula is C22H18N2. The molecule has 0 fully saturated rings. The lowest BCUT2D eigenvalue weighted by Gasteiger charge is -2.27. The number of nitriles is 1. The molecule has 0 atom stereocenters.